The van der Waals surface area contributed by atoms with Crippen LogP contribution in [-0.4, -0.2) is 30.0 Å². The number of hydrogen-bond donors (Lipinski definition) is 1. The number of nitrogens with one attached hydrogen (secondary N) is 1. The lowest BCUT2D eigenvalue weighted by atomic mass is 10.2. The third kappa shape index (κ3) is 5.65. The first-order valence-electron chi connectivity index (χ1n) is 5.53. The van der Waals surface area contributed by atoms with Crippen LogP contribution in [0.1, 0.15) is 18.9 Å². The monoisotopic (exact) mass is 236 g/mol. The van der Waals surface area contributed by atoms with Gasteiger partial charge in [0.25, 0.3) is 0 Å². The predicted octanol–water partition coefficient (Wildman–Crippen LogP) is 0.693. The summed E-state index contributed by atoms with van der Waals surface area (Å²) in [6, 6.07) is 3.61. The molecule has 5 nitrogen and oxygen atoms in total. The van der Waals surface area contributed by atoms with Gasteiger partial charge < -0.3 is 10.1 Å². The molecule has 0 bridgehead atoms. The molecule has 92 valence electrons. The van der Waals surface area contributed by atoms with E-state index in [4.69, 9.17) is 4.74 Å². The minimum Gasteiger partial charge on any atom is -0.466 e. The maximum absolute atomic E-state index is 11.5. The van der Waals surface area contributed by atoms with Gasteiger partial charge in [0, 0.05) is 18.9 Å². The summed E-state index contributed by atoms with van der Waals surface area (Å²) in [5.41, 5.74) is 0.848. The minimum absolute atomic E-state index is 0.123. The molecule has 1 aromatic heterocycles. The lowest BCUT2D eigenvalue weighted by Gasteiger charge is -2.04. The smallest absolute Gasteiger partial charge is 0.307 e. The van der Waals surface area contributed by atoms with Crippen molar-refractivity contribution in [3.05, 3.63) is 30.1 Å². The van der Waals surface area contributed by atoms with Crippen LogP contribution in [0.25, 0.3) is 0 Å². The van der Waals surface area contributed by atoms with E-state index >= 15 is 0 Å². The molecule has 1 amide bonds. The van der Waals surface area contributed by atoms with Crippen molar-refractivity contribution in [2.75, 3.05) is 13.2 Å². The van der Waals surface area contributed by atoms with E-state index in [9.17, 15) is 9.59 Å². The van der Waals surface area contributed by atoms with Crippen molar-refractivity contribution in [3.63, 3.8) is 0 Å². The number of pyridine rings is 1. The second kappa shape index (κ2) is 7.38. The minimum atomic E-state index is -0.297. The maximum atomic E-state index is 11.5. The number of ether oxygens (including phenoxy) is 1. The summed E-state index contributed by atoms with van der Waals surface area (Å²) >= 11 is 0. The molecule has 0 aromatic carbocycles. The zero-order valence-corrected chi connectivity index (χ0v) is 9.81. The molecule has 0 radical (unpaired) electrons. The van der Waals surface area contributed by atoms with Crippen molar-refractivity contribution in [1.82, 2.24) is 10.3 Å². The zero-order valence-electron chi connectivity index (χ0n) is 9.81. The Labute approximate surface area is 100 Å². The molecule has 1 N–H and O–H groups in total. The Hall–Kier alpha value is -1.91. The highest BCUT2D eigenvalue weighted by Gasteiger charge is 2.05. The average Bonchev–Trinajstić information content (AvgIpc) is 2.30. The number of amides is 1. The highest BCUT2D eigenvalue weighted by atomic mass is 16.5. The van der Waals surface area contributed by atoms with Crippen LogP contribution >= 0.6 is 0 Å². The number of rotatable bonds is 6. The van der Waals surface area contributed by atoms with Gasteiger partial charge in [0.1, 0.15) is 0 Å². The fourth-order valence-electron chi connectivity index (χ4n) is 1.29. The van der Waals surface area contributed by atoms with Crippen LogP contribution in [0.2, 0.25) is 0 Å². The van der Waals surface area contributed by atoms with Gasteiger partial charge in [-0.05, 0) is 18.6 Å². The third-order valence-corrected chi connectivity index (χ3v) is 2.04. The largest absolute Gasteiger partial charge is 0.466 e. The predicted molar refractivity (Wildman–Crippen MR) is 62.2 cm³/mol. The Balaban J connectivity index is 2.20. The molecule has 0 saturated carbocycles. The quantitative estimate of drug-likeness (QED) is 0.738. The van der Waals surface area contributed by atoms with Crippen LogP contribution in [-0.2, 0) is 20.7 Å². The topological polar surface area (TPSA) is 68.3 Å². The molecule has 0 atom stereocenters. The van der Waals surface area contributed by atoms with Gasteiger partial charge in [-0.3, -0.25) is 14.6 Å². The van der Waals surface area contributed by atoms with Crippen molar-refractivity contribution in [2.45, 2.75) is 19.8 Å². The number of aromatic nitrogens is 1. The van der Waals surface area contributed by atoms with Gasteiger partial charge in [0.05, 0.1) is 19.4 Å². The third-order valence-electron chi connectivity index (χ3n) is 2.04. The van der Waals surface area contributed by atoms with E-state index in [0.29, 0.717) is 13.2 Å². The molecule has 0 fully saturated rings. The summed E-state index contributed by atoms with van der Waals surface area (Å²) in [5.74, 6) is -0.420. The number of carbonyl (C=O) groups is 2. The van der Waals surface area contributed by atoms with Gasteiger partial charge in [-0.2, -0.15) is 0 Å². The highest BCUT2D eigenvalue weighted by molar-refractivity contribution is 5.79. The normalized spacial score (nSPS) is 9.71. The van der Waals surface area contributed by atoms with Gasteiger partial charge in [-0.1, -0.05) is 6.07 Å². The Kier molecular flexibility index (Phi) is 5.71. The Morgan fingerprint density at radius 1 is 1.47 bits per heavy atom. The Bertz CT molecular complexity index is 365. The molecule has 0 unspecified atom stereocenters. The van der Waals surface area contributed by atoms with E-state index in [2.05, 4.69) is 10.3 Å². The fourth-order valence-corrected chi connectivity index (χ4v) is 1.29. The van der Waals surface area contributed by atoms with Gasteiger partial charge in [0.15, 0.2) is 0 Å². The molecule has 1 heterocycles. The lowest BCUT2D eigenvalue weighted by Crippen LogP contribution is -2.27. The fraction of sp³-hybridized carbons (Fsp3) is 0.417. The molecule has 0 saturated heterocycles. The second-order valence-electron chi connectivity index (χ2n) is 3.44. The second-order valence-corrected chi connectivity index (χ2v) is 3.44. The zero-order chi connectivity index (χ0) is 12.5. The summed E-state index contributed by atoms with van der Waals surface area (Å²) in [6.07, 6.45) is 3.77. The molecular formula is C12H16N2O3. The molecule has 1 rings (SSSR count). The molecule has 17 heavy (non-hydrogen) atoms. The molecule has 1 aromatic rings. The van der Waals surface area contributed by atoms with Crippen LogP contribution in [0.4, 0.5) is 0 Å². The summed E-state index contributed by atoms with van der Waals surface area (Å²) in [7, 11) is 0. The van der Waals surface area contributed by atoms with Gasteiger partial charge in [0.2, 0.25) is 5.91 Å². The van der Waals surface area contributed by atoms with Crippen molar-refractivity contribution in [3.8, 4) is 0 Å². The molecule has 5 heteroatoms. The summed E-state index contributed by atoms with van der Waals surface area (Å²) in [5, 5.41) is 2.65. The van der Waals surface area contributed by atoms with Crippen molar-refractivity contribution in [2.24, 2.45) is 0 Å². The highest BCUT2D eigenvalue weighted by Crippen LogP contribution is 1.96. The summed E-state index contributed by atoms with van der Waals surface area (Å²) < 4.78 is 4.74. The van der Waals surface area contributed by atoms with E-state index in [-0.39, 0.29) is 24.7 Å². The maximum Gasteiger partial charge on any atom is 0.307 e. The number of esters is 1. The summed E-state index contributed by atoms with van der Waals surface area (Å²) in [6.45, 7) is 2.42. The number of nitrogens with zero attached hydrogens (tertiary/aromatic N) is 1. The van der Waals surface area contributed by atoms with Crippen molar-refractivity contribution < 1.29 is 14.3 Å². The van der Waals surface area contributed by atoms with E-state index in [1.165, 1.54) is 0 Å². The lowest BCUT2D eigenvalue weighted by molar-refractivity contribution is -0.143. The number of hydrogen-bond acceptors (Lipinski definition) is 4. The van der Waals surface area contributed by atoms with E-state index in [1.54, 1.807) is 25.4 Å². The summed E-state index contributed by atoms with van der Waals surface area (Å²) in [4.78, 5) is 26.4. The molecular weight excluding hydrogens is 220 g/mol. The van der Waals surface area contributed by atoms with Gasteiger partial charge in [-0.15, -0.1) is 0 Å². The van der Waals surface area contributed by atoms with E-state index in [1.807, 2.05) is 6.07 Å². The Morgan fingerprint density at radius 2 is 2.29 bits per heavy atom. The first-order chi connectivity index (χ1) is 8.22. The molecule has 0 aliphatic carbocycles. The first-order valence-corrected chi connectivity index (χ1v) is 5.53. The average molecular weight is 236 g/mol. The van der Waals surface area contributed by atoms with Crippen LogP contribution < -0.4 is 5.32 Å². The van der Waals surface area contributed by atoms with Crippen LogP contribution in [0.5, 0.6) is 0 Å². The van der Waals surface area contributed by atoms with Crippen molar-refractivity contribution in [1.29, 1.82) is 0 Å². The standard InChI is InChI=1S/C12H16N2O3/c1-2-17-12(16)5-7-14-11(15)8-10-4-3-6-13-9-10/h3-4,6,9H,2,5,7-8H2,1H3,(H,14,15). The van der Waals surface area contributed by atoms with Crippen LogP contribution in [0.15, 0.2) is 24.5 Å². The van der Waals surface area contributed by atoms with Crippen LogP contribution in [0, 0.1) is 0 Å². The van der Waals surface area contributed by atoms with E-state index in [0.717, 1.165) is 5.56 Å². The van der Waals surface area contributed by atoms with Crippen molar-refractivity contribution >= 4 is 11.9 Å². The number of carbonyl (C=O) groups excluding carboxylic acids is 2. The molecule has 0 aliphatic heterocycles. The van der Waals surface area contributed by atoms with Gasteiger partial charge >= 0.3 is 5.97 Å². The van der Waals surface area contributed by atoms with E-state index < -0.39 is 0 Å². The van der Waals surface area contributed by atoms with Crippen LogP contribution in [0.3, 0.4) is 0 Å². The first kappa shape index (κ1) is 13.2. The Morgan fingerprint density at radius 3 is 2.94 bits per heavy atom. The molecule has 0 aliphatic rings. The molecule has 0 spiro atoms. The SMILES string of the molecule is CCOC(=O)CCNC(=O)Cc1cccnc1. The van der Waals surface area contributed by atoms with Gasteiger partial charge in [-0.25, -0.2) is 0 Å².